The van der Waals surface area contributed by atoms with Crippen molar-refractivity contribution in [2.75, 3.05) is 36.0 Å². The minimum absolute atomic E-state index is 0.271. The molecule has 2 unspecified atom stereocenters. The predicted molar refractivity (Wildman–Crippen MR) is 137 cm³/mol. The molecule has 4 fully saturated rings. The minimum Gasteiger partial charge on any atom is -0.411 e. The van der Waals surface area contributed by atoms with Gasteiger partial charge in [0.2, 0.25) is 5.89 Å². The maximum absolute atomic E-state index is 8.48. The van der Waals surface area contributed by atoms with Crippen LogP contribution < -0.4 is 9.80 Å². The molecular weight excluding hydrogens is 525 g/mol. The molecule has 6 atom stereocenters. The second kappa shape index (κ2) is 9.68. The van der Waals surface area contributed by atoms with Gasteiger partial charge in [-0.15, -0.1) is 16.8 Å². The van der Waals surface area contributed by atoms with E-state index < -0.39 is 0 Å². The van der Waals surface area contributed by atoms with E-state index in [4.69, 9.17) is 44.5 Å². The van der Waals surface area contributed by atoms with Crippen molar-refractivity contribution >= 4 is 52.7 Å². The second-order valence-electron chi connectivity index (χ2n) is 9.68. The van der Waals surface area contributed by atoms with Gasteiger partial charge in [0, 0.05) is 66.7 Å². The van der Waals surface area contributed by atoms with Crippen molar-refractivity contribution in [3.05, 3.63) is 58.4 Å². The van der Waals surface area contributed by atoms with Gasteiger partial charge in [-0.25, -0.2) is 9.97 Å². The molecule has 1 N–H and O–H groups in total. The largest absolute Gasteiger partial charge is 0.411 e. The molecule has 2 saturated carbocycles. The van der Waals surface area contributed by atoms with Crippen LogP contribution in [0.3, 0.4) is 0 Å². The van der Waals surface area contributed by atoms with Gasteiger partial charge in [0.1, 0.15) is 17.5 Å². The first-order valence-electron chi connectivity index (χ1n) is 11.8. The SMILES string of the molecule is ClCc1nc(C2[C@H]3CN(c4cc(Cl)ccn4)C[C@@H]23)no1.O/N=C/C1[C@H]2CN(c3cc(Cl)ccn3)C[C@@H]12. The van der Waals surface area contributed by atoms with Gasteiger partial charge in [0.25, 0.3) is 0 Å². The molecule has 0 amide bonds. The van der Waals surface area contributed by atoms with Crippen molar-refractivity contribution in [1.82, 2.24) is 20.1 Å². The zero-order valence-corrected chi connectivity index (χ0v) is 21.4. The van der Waals surface area contributed by atoms with Crippen LogP contribution in [0.2, 0.25) is 10.0 Å². The molecule has 188 valence electrons. The van der Waals surface area contributed by atoms with Gasteiger partial charge in [-0.1, -0.05) is 28.4 Å². The van der Waals surface area contributed by atoms with E-state index in [2.05, 4.69) is 35.1 Å². The Balaban J connectivity index is 0.000000137. The number of oxime groups is 1. The van der Waals surface area contributed by atoms with Crippen molar-refractivity contribution in [2.24, 2.45) is 34.7 Å². The first-order chi connectivity index (χ1) is 17.6. The zero-order chi connectivity index (χ0) is 24.8. The minimum atomic E-state index is 0.271. The maximum atomic E-state index is 8.48. The molecule has 2 aliphatic carbocycles. The van der Waals surface area contributed by atoms with Gasteiger partial charge in [0.15, 0.2) is 5.82 Å². The Hall–Kier alpha value is -2.62. The van der Waals surface area contributed by atoms with Gasteiger partial charge < -0.3 is 19.5 Å². The molecule has 3 aromatic heterocycles. The Morgan fingerprint density at radius 3 is 1.97 bits per heavy atom. The Labute approximate surface area is 223 Å². The lowest BCUT2D eigenvalue weighted by Crippen LogP contribution is -2.25. The molecule has 0 spiro atoms. The number of hydrogen-bond donors (Lipinski definition) is 1. The standard InChI is InChI=1S/C13H12Cl2N4O.C11H12ClN3O/c14-4-11-17-13(18-20-11)12-8-5-19(6-9(8)12)10-3-7(15)1-2-16-10;12-7-1-2-13-11(3-7)15-5-9-8(4-14-16)10(9)6-15/h1-3,8-9,12H,4-6H2;1-4,8-10,16H,5-6H2/b;14-4+/t8-,9+,12?;8?,9-,10+. The summed E-state index contributed by atoms with van der Waals surface area (Å²) in [6.45, 7) is 3.89. The fourth-order valence-electron chi connectivity index (χ4n) is 5.74. The van der Waals surface area contributed by atoms with E-state index in [1.54, 1.807) is 30.7 Å². The van der Waals surface area contributed by atoms with E-state index in [-0.39, 0.29) is 5.88 Å². The molecule has 9 nitrogen and oxygen atoms in total. The fourth-order valence-corrected chi connectivity index (χ4v) is 6.16. The van der Waals surface area contributed by atoms with Crippen LogP contribution >= 0.6 is 34.8 Å². The Morgan fingerprint density at radius 1 is 0.944 bits per heavy atom. The Morgan fingerprint density at radius 2 is 1.50 bits per heavy atom. The summed E-state index contributed by atoms with van der Waals surface area (Å²) in [6.07, 6.45) is 5.12. The van der Waals surface area contributed by atoms with Gasteiger partial charge in [-0.2, -0.15) is 4.98 Å². The lowest BCUT2D eigenvalue weighted by molar-refractivity contribution is 0.319. The third kappa shape index (κ3) is 4.60. The quantitative estimate of drug-likeness (QED) is 0.214. The summed E-state index contributed by atoms with van der Waals surface area (Å²) >= 11 is 17.6. The molecule has 0 radical (unpaired) electrons. The Kier molecular flexibility index (Phi) is 6.39. The highest BCUT2D eigenvalue weighted by Crippen LogP contribution is 2.57. The highest BCUT2D eigenvalue weighted by molar-refractivity contribution is 6.31. The molecule has 12 heteroatoms. The zero-order valence-electron chi connectivity index (χ0n) is 19.2. The number of anilines is 2. The number of nitrogens with zero attached hydrogens (tertiary/aromatic N) is 7. The van der Waals surface area contributed by atoms with E-state index in [0.717, 1.165) is 53.7 Å². The Bertz CT molecular complexity index is 1250. The molecule has 3 aromatic rings. The molecule has 0 aromatic carbocycles. The van der Waals surface area contributed by atoms with Gasteiger partial charge in [-0.3, -0.25) is 0 Å². The van der Waals surface area contributed by atoms with Crippen LogP contribution in [0.1, 0.15) is 17.6 Å². The summed E-state index contributed by atoms with van der Waals surface area (Å²) in [5.74, 6) is 6.73. The fraction of sp³-hybridized carbons (Fsp3) is 0.458. The summed E-state index contributed by atoms with van der Waals surface area (Å²) in [6, 6.07) is 7.36. The van der Waals surface area contributed by atoms with Gasteiger partial charge >= 0.3 is 0 Å². The molecule has 5 heterocycles. The smallest absolute Gasteiger partial charge is 0.241 e. The average Bonchev–Trinajstić information content (AvgIpc) is 3.43. The number of rotatable bonds is 5. The summed E-state index contributed by atoms with van der Waals surface area (Å²) in [7, 11) is 0. The first kappa shape index (κ1) is 23.8. The van der Waals surface area contributed by atoms with Crippen molar-refractivity contribution in [2.45, 2.75) is 11.8 Å². The van der Waals surface area contributed by atoms with E-state index in [0.29, 0.717) is 41.4 Å². The summed E-state index contributed by atoms with van der Waals surface area (Å²) < 4.78 is 5.07. The van der Waals surface area contributed by atoms with Crippen LogP contribution in [-0.2, 0) is 5.88 Å². The molecule has 0 bridgehead atoms. The monoisotopic (exact) mass is 547 g/mol. The van der Waals surface area contributed by atoms with Crippen LogP contribution in [0.4, 0.5) is 11.6 Å². The number of piperidine rings is 2. The van der Waals surface area contributed by atoms with Crippen LogP contribution in [-0.4, -0.2) is 57.7 Å². The summed E-state index contributed by atoms with van der Waals surface area (Å²) in [5.41, 5.74) is 0. The molecule has 7 rings (SSSR count). The van der Waals surface area contributed by atoms with Crippen LogP contribution in [0.15, 0.2) is 46.3 Å². The van der Waals surface area contributed by atoms with Crippen LogP contribution in [0.5, 0.6) is 0 Å². The first-order valence-corrected chi connectivity index (χ1v) is 13.1. The molecule has 2 saturated heterocycles. The third-order valence-electron chi connectivity index (χ3n) is 7.65. The van der Waals surface area contributed by atoms with E-state index in [1.807, 2.05) is 12.1 Å². The number of halogens is 3. The van der Waals surface area contributed by atoms with Gasteiger partial charge in [-0.05, 0) is 47.9 Å². The maximum Gasteiger partial charge on any atom is 0.241 e. The van der Waals surface area contributed by atoms with Crippen molar-refractivity contribution in [3.8, 4) is 0 Å². The van der Waals surface area contributed by atoms with Crippen LogP contribution in [0, 0.1) is 29.6 Å². The topological polar surface area (TPSA) is 104 Å². The van der Waals surface area contributed by atoms with E-state index in [9.17, 15) is 0 Å². The molecule has 4 aliphatic rings. The number of alkyl halides is 1. The number of aromatic nitrogens is 4. The van der Waals surface area contributed by atoms with E-state index >= 15 is 0 Å². The van der Waals surface area contributed by atoms with E-state index in [1.165, 1.54) is 0 Å². The predicted octanol–water partition coefficient (Wildman–Crippen LogP) is 4.58. The summed E-state index contributed by atoms with van der Waals surface area (Å²) in [4.78, 5) is 17.5. The van der Waals surface area contributed by atoms with Crippen LogP contribution in [0.25, 0.3) is 0 Å². The highest BCUT2D eigenvalue weighted by Gasteiger charge is 2.59. The highest BCUT2D eigenvalue weighted by atomic mass is 35.5. The van der Waals surface area contributed by atoms with Gasteiger partial charge in [0.05, 0.1) is 0 Å². The van der Waals surface area contributed by atoms with Crippen molar-refractivity contribution in [3.63, 3.8) is 0 Å². The number of fused-ring (bicyclic) bond motifs is 2. The summed E-state index contributed by atoms with van der Waals surface area (Å²) in [5, 5.41) is 17.0. The lowest BCUT2D eigenvalue weighted by Gasteiger charge is -2.20. The normalized spacial score (nSPS) is 29.6. The van der Waals surface area contributed by atoms with Crippen molar-refractivity contribution in [1.29, 1.82) is 0 Å². The number of hydrogen-bond acceptors (Lipinski definition) is 9. The molecule has 2 aliphatic heterocycles. The third-order valence-corrected chi connectivity index (χ3v) is 8.35. The van der Waals surface area contributed by atoms with Crippen molar-refractivity contribution < 1.29 is 9.73 Å². The second-order valence-corrected chi connectivity index (χ2v) is 10.8. The lowest BCUT2D eigenvalue weighted by atomic mass is 10.2. The molecular formula is C24H24Cl3N7O2. The molecule has 36 heavy (non-hydrogen) atoms. The average molecular weight is 549 g/mol. The number of pyridine rings is 2.